The number of benzene rings is 1. The van der Waals surface area contributed by atoms with Gasteiger partial charge in [-0.2, -0.15) is 0 Å². The van der Waals surface area contributed by atoms with E-state index in [-0.39, 0.29) is 5.91 Å². The zero-order valence-electron chi connectivity index (χ0n) is 12.2. The van der Waals surface area contributed by atoms with Crippen LogP contribution in [0.2, 0.25) is 0 Å². The lowest BCUT2D eigenvalue weighted by molar-refractivity contribution is 0.0947. The van der Waals surface area contributed by atoms with Crippen molar-refractivity contribution in [3.8, 4) is 11.1 Å². The molecule has 0 saturated heterocycles. The molecular formula is C18H16N2O2. The standard InChI is InChI=1S/C18H16N2O2/c1-13-5-2-3-7-17(13)14-9-15(11-19-10-14)18(21)20-12-16-6-4-8-22-16/h2-11H,12H2,1H3,(H,20,21). The summed E-state index contributed by atoms with van der Waals surface area (Å²) in [6.45, 7) is 2.40. The predicted octanol–water partition coefficient (Wildman–Crippen LogP) is 3.58. The van der Waals surface area contributed by atoms with Gasteiger partial charge < -0.3 is 9.73 Å². The molecule has 0 aliphatic heterocycles. The highest BCUT2D eigenvalue weighted by molar-refractivity contribution is 5.95. The molecule has 0 saturated carbocycles. The fourth-order valence-electron chi connectivity index (χ4n) is 2.29. The number of nitrogens with one attached hydrogen (secondary N) is 1. The molecule has 4 heteroatoms. The summed E-state index contributed by atoms with van der Waals surface area (Å²) < 4.78 is 5.20. The molecule has 0 fully saturated rings. The molecule has 3 aromatic rings. The van der Waals surface area contributed by atoms with Gasteiger partial charge >= 0.3 is 0 Å². The van der Waals surface area contributed by atoms with E-state index in [1.807, 2.05) is 43.3 Å². The fourth-order valence-corrected chi connectivity index (χ4v) is 2.29. The van der Waals surface area contributed by atoms with Crippen molar-refractivity contribution in [2.45, 2.75) is 13.5 Å². The van der Waals surface area contributed by atoms with Gasteiger partial charge in [0.15, 0.2) is 0 Å². The first-order valence-corrected chi connectivity index (χ1v) is 7.05. The number of furan rings is 1. The van der Waals surface area contributed by atoms with Crippen LogP contribution in [-0.2, 0) is 6.54 Å². The van der Waals surface area contributed by atoms with Crippen LogP contribution in [0.5, 0.6) is 0 Å². The van der Waals surface area contributed by atoms with Crippen LogP contribution >= 0.6 is 0 Å². The SMILES string of the molecule is Cc1ccccc1-c1cncc(C(=O)NCc2ccco2)c1. The first-order valence-electron chi connectivity index (χ1n) is 7.05. The molecule has 0 aliphatic carbocycles. The van der Waals surface area contributed by atoms with Crippen molar-refractivity contribution in [2.24, 2.45) is 0 Å². The van der Waals surface area contributed by atoms with E-state index in [0.717, 1.165) is 22.5 Å². The Balaban J connectivity index is 1.79. The zero-order valence-corrected chi connectivity index (χ0v) is 12.2. The van der Waals surface area contributed by atoms with Crippen LogP contribution in [0.15, 0.2) is 65.5 Å². The van der Waals surface area contributed by atoms with Crippen molar-refractivity contribution in [2.75, 3.05) is 0 Å². The Morgan fingerprint density at radius 2 is 2.05 bits per heavy atom. The van der Waals surface area contributed by atoms with E-state index in [2.05, 4.69) is 10.3 Å². The van der Waals surface area contributed by atoms with Crippen LogP contribution < -0.4 is 5.32 Å². The van der Waals surface area contributed by atoms with Crippen molar-refractivity contribution in [3.05, 3.63) is 78.0 Å². The summed E-state index contributed by atoms with van der Waals surface area (Å²) in [6.07, 6.45) is 4.92. The van der Waals surface area contributed by atoms with E-state index in [4.69, 9.17) is 4.42 Å². The van der Waals surface area contributed by atoms with Crippen LogP contribution in [0.25, 0.3) is 11.1 Å². The quantitative estimate of drug-likeness (QED) is 0.799. The van der Waals surface area contributed by atoms with Gasteiger partial charge in [-0.15, -0.1) is 0 Å². The molecule has 0 unspecified atom stereocenters. The lowest BCUT2D eigenvalue weighted by atomic mass is 10.0. The van der Waals surface area contributed by atoms with Crippen LogP contribution in [0, 0.1) is 6.92 Å². The Bertz CT molecular complexity index is 779. The van der Waals surface area contributed by atoms with Gasteiger partial charge in [-0.1, -0.05) is 24.3 Å². The number of hydrogen-bond acceptors (Lipinski definition) is 3. The van der Waals surface area contributed by atoms with Crippen LogP contribution in [0.1, 0.15) is 21.7 Å². The summed E-state index contributed by atoms with van der Waals surface area (Å²) in [5, 5.41) is 2.82. The van der Waals surface area contributed by atoms with Gasteiger partial charge in [0.1, 0.15) is 5.76 Å². The molecule has 0 bridgehead atoms. The molecule has 110 valence electrons. The normalized spacial score (nSPS) is 10.4. The molecule has 1 N–H and O–H groups in total. The fraction of sp³-hybridized carbons (Fsp3) is 0.111. The average Bonchev–Trinajstić information content (AvgIpc) is 3.06. The van der Waals surface area contributed by atoms with E-state index in [9.17, 15) is 4.79 Å². The van der Waals surface area contributed by atoms with Crippen molar-refractivity contribution in [3.63, 3.8) is 0 Å². The lowest BCUT2D eigenvalue weighted by Gasteiger charge is -2.08. The third kappa shape index (κ3) is 3.06. The molecule has 1 aromatic carbocycles. The molecule has 22 heavy (non-hydrogen) atoms. The van der Waals surface area contributed by atoms with Crippen molar-refractivity contribution >= 4 is 5.91 Å². The maximum absolute atomic E-state index is 12.2. The first kappa shape index (κ1) is 14.1. The van der Waals surface area contributed by atoms with Gasteiger partial charge in [0.2, 0.25) is 0 Å². The second kappa shape index (κ2) is 6.26. The molecule has 2 aromatic heterocycles. The molecular weight excluding hydrogens is 276 g/mol. The number of nitrogens with zero attached hydrogens (tertiary/aromatic N) is 1. The van der Waals surface area contributed by atoms with Gasteiger partial charge in [0.25, 0.3) is 5.91 Å². The van der Waals surface area contributed by atoms with Gasteiger partial charge in [-0.25, -0.2) is 0 Å². The minimum absolute atomic E-state index is 0.167. The number of pyridine rings is 1. The first-order chi connectivity index (χ1) is 10.7. The number of carbonyl (C=O) groups excluding carboxylic acids is 1. The van der Waals surface area contributed by atoms with Gasteiger partial charge in [-0.05, 0) is 36.2 Å². The number of carbonyl (C=O) groups is 1. The predicted molar refractivity (Wildman–Crippen MR) is 84.3 cm³/mol. The highest BCUT2D eigenvalue weighted by atomic mass is 16.3. The monoisotopic (exact) mass is 292 g/mol. The van der Waals surface area contributed by atoms with Crippen LogP contribution in [-0.4, -0.2) is 10.9 Å². The van der Waals surface area contributed by atoms with Gasteiger partial charge in [0.05, 0.1) is 18.4 Å². The number of aromatic nitrogens is 1. The second-order valence-corrected chi connectivity index (χ2v) is 5.04. The molecule has 3 rings (SSSR count). The Morgan fingerprint density at radius 3 is 2.82 bits per heavy atom. The summed E-state index contributed by atoms with van der Waals surface area (Å²) in [5.41, 5.74) is 3.70. The van der Waals surface area contributed by atoms with E-state index in [0.29, 0.717) is 12.1 Å². The molecule has 4 nitrogen and oxygen atoms in total. The Hall–Kier alpha value is -2.88. The van der Waals surface area contributed by atoms with Crippen LogP contribution in [0.3, 0.4) is 0 Å². The van der Waals surface area contributed by atoms with E-state index < -0.39 is 0 Å². The molecule has 2 heterocycles. The topological polar surface area (TPSA) is 55.1 Å². The largest absolute Gasteiger partial charge is 0.467 e. The molecule has 0 spiro atoms. The average molecular weight is 292 g/mol. The molecule has 0 radical (unpaired) electrons. The Labute approximate surface area is 128 Å². The van der Waals surface area contributed by atoms with Crippen molar-refractivity contribution in [1.82, 2.24) is 10.3 Å². The second-order valence-electron chi connectivity index (χ2n) is 5.04. The Morgan fingerprint density at radius 1 is 1.18 bits per heavy atom. The van der Waals surface area contributed by atoms with Crippen LogP contribution in [0.4, 0.5) is 0 Å². The maximum atomic E-state index is 12.2. The van der Waals surface area contributed by atoms with Crippen molar-refractivity contribution < 1.29 is 9.21 Å². The summed E-state index contributed by atoms with van der Waals surface area (Å²) in [5.74, 6) is 0.552. The number of rotatable bonds is 4. The van der Waals surface area contributed by atoms with E-state index >= 15 is 0 Å². The molecule has 0 aliphatic rings. The molecule has 0 atom stereocenters. The van der Waals surface area contributed by atoms with Crippen molar-refractivity contribution in [1.29, 1.82) is 0 Å². The summed E-state index contributed by atoms with van der Waals surface area (Å²) in [7, 11) is 0. The number of aryl methyl sites for hydroxylation is 1. The minimum atomic E-state index is -0.167. The minimum Gasteiger partial charge on any atom is -0.467 e. The smallest absolute Gasteiger partial charge is 0.253 e. The number of amides is 1. The zero-order chi connectivity index (χ0) is 15.4. The van der Waals surface area contributed by atoms with Gasteiger partial charge in [-0.3, -0.25) is 9.78 Å². The highest BCUT2D eigenvalue weighted by Crippen LogP contribution is 2.22. The number of hydrogen-bond donors (Lipinski definition) is 1. The lowest BCUT2D eigenvalue weighted by Crippen LogP contribution is -2.22. The van der Waals surface area contributed by atoms with E-state index in [1.54, 1.807) is 24.7 Å². The Kier molecular flexibility index (Phi) is 4.01. The maximum Gasteiger partial charge on any atom is 0.253 e. The summed E-state index contributed by atoms with van der Waals surface area (Å²) in [6, 6.07) is 13.5. The summed E-state index contributed by atoms with van der Waals surface area (Å²) in [4.78, 5) is 16.4. The third-order valence-electron chi connectivity index (χ3n) is 3.46. The highest BCUT2D eigenvalue weighted by Gasteiger charge is 2.09. The van der Waals surface area contributed by atoms with Gasteiger partial charge in [0, 0.05) is 18.0 Å². The summed E-state index contributed by atoms with van der Waals surface area (Å²) >= 11 is 0. The van der Waals surface area contributed by atoms with E-state index in [1.165, 1.54) is 0 Å². The third-order valence-corrected chi connectivity index (χ3v) is 3.46. The molecule has 1 amide bonds.